The fraction of sp³-hybridized carbons (Fsp3) is 0.375. The molecular weight excluding hydrogens is 366 g/mol. The van der Waals surface area contributed by atoms with Crippen LogP contribution in [0.2, 0.25) is 0 Å². The molecule has 29 heavy (non-hydrogen) atoms. The maximum Gasteiger partial charge on any atom is 0.185 e. The predicted molar refractivity (Wildman–Crippen MR) is 116 cm³/mol. The highest BCUT2D eigenvalue weighted by atomic mass is 16.5. The van der Waals surface area contributed by atoms with Crippen LogP contribution >= 0.6 is 0 Å². The highest BCUT2D eigenvalue weighted by Crippen LogP contribution is 2.29. The number of hydrogen-bond donors (Lipinski definition) is 1. The van der Waals surface area contributed by atoms with Gasteiger partial charge in [0, 0.05) is 24.3 Å². The molecule has 0 aromatic heterocycles. The first-order chi connectivity index (χ1) is 14.1. The van der Waals surface area contributed by atoms with Gasteiger partial charge in [0.15, 0.2) is 17.3 Å². The van der Waals surface area contributed by atoms with E-state index in [0.717, 1.165) is 37.2 Å². The summed E-state index contributed by atoms with van der Waals surface area (Å²) in [5, 5.41) is 9.64. The van der Waals surface area contributed by atoms with Crippen LogP contribution in [0, 0.1) is 0 Å². The molecule has 5 heteroatoms. The molecule has 2 aromatic rings. The Balaban J connectivity index is 1.66. The molecule has 1 heterocycles. The largest absolute Gasteiger partial charge is 0.490 e. The fourth-order valence-corrected chi connectivity index (χ4v) is 3.40. The van der Waals surface area contributed by atoms with E-state index in [4.69, 9.17) is 9.47 Å². The molecule has 0 aliphatic carbocycles. The summed E-state index contributed by atoms with van der Waals surface area (Å²) >= 11 is 0. The fourth-order valence-electron chi connectivity index (χ4n) is 3.40. The number of allylic oxidation sites excluding steroid dienone is 1. The zero-order valence-corrected chi connectivity index (χ0v) is 17.1. The number of ether oxygens (including phenoxy) is 2. The molecule has 0 radical (unpaired) electrons. The summed E-state index contributed by atoms with van der Waals surface area (Å²) in [7, 11) is 0. The van der Waals surface area contributed by atoms with Gasteiger partial charge in [-0.15, -0.1) is 0 Å². The van der Waals surface area contributed by atoms with Crippen molar-refractivity contribution in [2.45, 2.75) is 32.8 Å². The molecule has 1 saturated heterocycles. The third kappa shape index (κ3) is 5.61. The maximum atomic E-state index is 12.5. The number of benzene rings is 2. The molecule has 0 unspecified atom stereocenters. The van der Waals surface area contributed by atoms with Crippen molar-refractivity contribution in [2.24, 2.45) is 0 Å². The average molecular weight is 395 g/mol. The van der Waals surface area contributed by atoms with Gasteiger partial charge in [0.2, 0.25) is 0 Å². The molecule has 154 valence electrons. The van der Waals surface area contributed by atoms with E-state index in [1.807, 2.05) is 56.3 Å². The molecule has 2 aromatic carbocycles. The summed E-state index contributed by atoms with van der Waals surface area (Å²) in [6.07, 6.45) is 4.76. The molecule has 1 aliphatic rings. The van der Waals surface area contributed by atoms with Gasteiger partial charge in [-0.05, 0) is 74.7 Å². The number of hydrogen-bond acceptors (Lipinski definition) is 5. The standard InChI is InChI=1S/C24H29NO4/c1-3-28-23-12-6-18(17-24(23)29-4-2)5-11-22(27)19-7-9-20(10-8-19)25-15-13-21(26)14-16-25/h5-12,17,21,26H,3-4,13-16H2,1-2H3/b11-5+. The van der Waals surface area contributed by atoms with Gasteiger partial charge in [-0.3, -0.25) is 4.79 Å². The molecule has 1 fully saturated rings. The highest BCUT2D eigenvalue weighted by Gasteiger charge is 2.17. The van der Waals surface area contributed by atoms with Crippen molar-refractivity contribution in [1.29, 1.82) is 0 Å². The lowest BCUT2D eigenvalue weighted by molar-refractivity contribution is 0.104. The quantitative estimate of drug-likeness (QED) is 0.532. The smallest absolute Gasteiger partial charge is 0.185 e. The Kier molecular flexibility index (Phi) is 7.30. The van der Waals surface area contributed by atoms with Crippen LogP contribution in [0.25, 0.3) is 6.08 Å². The molecule has 0 amide bonds. The summed E-state index contributed by atoms with van der Waals surface area (Å²) in [6, 6.07) is 13.3. The molecule has 1 aliphatic heterocycles. The van der Waals surface area contributed by atoms with Crippen molar-refractivity contribution >= 4 is 17.5 Å². The van der Waals surface area contributed by atoms with Gasteiger partial charge in [-0.1, -0.05) is 12.1 Å². The normalized spacial score (nSPS) is 14.9. The number of carbonyl (C=O) groups is 1. The van der Waals surface area contributed by atoms with E-state index in [2.05, 4.69) is 4.90 Å². The van der Waals surface area contributed by atoms with Gasteiger partial charge in [0.1, 0.15) is 0 Å². The van der Waals surface area contributed by atoms with Crippen LogP contribution in [0.15, 0.2) is 48.5 Å². The van der Waals surface area contributed by atoms with Crippen LogP contribution in [-0.4, -0.2) is 43.3 Å². The van der Waals surface area contributed by atoms with Crippen molar-refractivity contribution in [2.75, 3.05) is 31.2 Å². The minimum absolute atomic E-state index is 0.0440. The van der Waals surface area contributed by atoms with Crippen molar-refractivity contribution in [3.8, 4) is 11.5 Å². The van der Waals surface area contributed by atoms with Gasteiger partial charge in [-0.25, -0.2) is 0 Å². The second kappa shape index (κ2) is 10.1. The van der Waals surface area contributed by atoms with Gasteiger partial charge < -0.3 is 19.5 Å². The van der Waals surface area contributed by atoms with Crippen LogP contribution in [0.4, 0.5) is 5.69 Å². The van der Waals surface area contributed by atoms with E-state index in [-0.39, 0.29) is 11.9 Å². The number of nitrogens with zero attached hydrogens (tertiary/aromatic N) is 1. The Bertz CT molecular complexity index is 836. The SMILES string of the molecule is CCOc1ccc(/C=C/C(=O)c2ccc(N3CCC(O)CC3)cc2)cc1OCC. The number of aliphatic hydroxyl groups is 1. The first-order valence-electron chi connectivity index (χ1n) is 10.3. The third-order valence-electron chi connectivity index (χ3n) is 4.98. The lowest BCUT2D eigenvalue weighted by Crippen LogP contribution is -2.35. The minimum Gasteiger partial charge on any atom is -0.490 e. The van der Waals surface area contributed by atoms with Crippen LogP contribution in [-0.2, 0) is 0 Å². The Morgan fingerprint density at radius 3 is 2.34 bits per heavy atom. The Labute approximate surface area is 172 Å². The van der Waals surface area contributed by atoms with Crippen LogP contribution in [0.3, 0.4) is 0 Å². The first kappa shape index (κ1) is 20.9. The van der Waals surface area contributed by atoms with Gasteiger partial charge in [-0.2, -0.15) is 0 Å². The topological polar surface area (TPSA) is 59.0 Å². The predicted octanol–water partition coefficient (Wildman–Crippen LogP) is 4.34. The summed E-state index contributed by atoms with van der Waals surface area (Å²) in [5.41, 5.74) is 2.62. The van der Waals surface area contributed by atoms with Gasteiger partial charge >= 0.3 is 0 Å². The highest BCUT2D eigenvalue weighted by molar-refractivity contribution is 6.07. The summed E-state index contributed by atoms with van der Waals surface area (Å²) in [4.78, 5) is 14.8. The molecule has 0 atom stereocenters. The molecule has 0 bridgehead atoms. The number of carbonyl (C=O) groups excluding carboxylic acids is 1. The molecule has 0 saturated carbocycles. The Morgan fingerprint density at radius 2 is 1.69 bits per heavy atom. The zero-order valence-electron chi connectivity index (χ0n) is 17.1. The van der Waals surface area contributed by atoms with Crippen LogP contribution < -0.4 is 14.4 Å². The summed E-state index contributed by atoms with van der Waals surface area (Å²) < 4.78 is 11.2. The second-order valence-electron chi connectivity index (χ2n) is 7.03. The number of ketones is 1. The maximum absolute atomic E-state index is 12.5. The molecular formula is C24H29NO4. The monoisotopic (exact) mass is 395 g/mol. The van der Waals surface area contributed by atoms with E-state index in [0.29, 0.717) is 30.3 Å². The number of piperidine rings is 1. The Morgan fingerprint density at radius 1 is 1.03 bits per heavy atom. The molecule has 0 spiro atoms. The van der Waals surface area contributed by atoms with Gasteiger partial charge in [0.05, 0.1) is 19.3 Å². The van der Waals surface area contributed by atoms with E-state index < -0.39 is 0 Å². The minimum atomic E-state index is -0.192. The van der Waals surface area contributed by atoms with Crippen molar-refractivity contribution in [3.05, 3.63) is 59.7 Å². The number of aliphatic hydroxyl groups excluding tert-OH is 1. The summed E-state index contributed by atoms with van der Waals surface area (Å²) in [6.45, 7) is 6.67. The van der Waals surface area contributed by atoms with Crippen molar-refractivity contribution in [1.82, 2.24) is 0 Å². The van der Waals surface area contributed by atoms with E-state index >= 15 is 0 Å². The number of rotatable bonds is 8. The van der Waals surface area contributed by atoms with E-state index in [1.165, 1.54) is 0 Å². The lowest BCUT2D eigenvalue weighted by atomic mass is 10.1. The zero-order chi connectivity index (χ0) is 20.6. The van der Waals surface area contributed by atoms with Crippen molar-refractivity contribution in [3.63, 3.8) is 0 Å². The second-order valence-corrected chi connectivity index (χ2v) is 7.03. The van der Waals surface area contributed by atoms with Crippen molar-refractivity contribution < 1.29 is 19.4 Å². The van der Waals surface area contributed by atoms with E-state index in [1.54, 1.807) is 12.2 Å². The van der Waals surface area contributed by atoms with Crippen LogP contribution in [0.1, 0.15) is 42.6 Å². The Hall–Kier alpha value is -2.79. The molecule has 1 N–H and O–H groups in total. The average Bonchev–Trinajstić information content (AvgIpc) is 2.74. The molecule has 5 nitrogen and oxygen atoms in total. The molecule has 3 rings (SSSR count). The first-order valence-corrected chi connectivity index (χ1v) is 10.3. The van der Waals surface area contributed by atoms with Gasteiger partial charge in [0.25, 0.3) is 0 Å². The van der Waals surface area contributed by atoms with Crippen LogP contribution in [0.5, 0.6) is 11.5 Å². The van der Waals surface area contributed by atoms with E-state index in [9.17, 15) is 9.90 Å². The lowest BCUT2D eigenvalue weighted by Gasteiger charge is -2.31. The third-order valence-corrected chi connectivity index (χ3v) is 4.98. The number of anilines is 1. The summed E-state index contributed by atoms with van der Waals surface area (Å²) in [5.74, 6) is 1.34.